The van der Waals surface area contributed by atoms with Gasteiger partial charge in [-0.25, -0.2) is 0 Å². The molecule has 1 fully saturated rings. The molecule has 0 heterocycles. The fourth-order valence-electron chi connectivity index (χ4n) is 2.72. The zero-order valence-corrected chi connectivity index (χ0v) is 16.7. The summed E-state index contributed by atoms with van der Waals surface area (Å²) >= 11 is 0. The number of nitrogens with zero attached hydrogens (tertiary/aromatic N) is 1. The van der Waals surface area contributed by atoms with Crippen molar-refractivity contribution in [1.82, 2.24) is 10.6 Å². The molecule has 6 heteroatoms. The number of halogens is 1. The van der Waals surface area contributed by atoms with Crippen molar-refractivity contribution in [2.75, 3.05) is 19.7 Å². The molecule has 24 heavy (non-hydrogen) atoms. The van der Waals surface area contributed by atoms with Crippen LogP contribution in [0.4, 0.5) is 0 Å². The molecule has 1 aromatic rings. The number of hydrogen-bond donors (Lipinski definition) is 3. The van der Waals surface area contributed by atoms with Crippen LogP contribution in [0.1, 0.15) is 38.2 Å². The van der Waals surface area contributed by atoms with Gasteiger partial charge in [-0.1, -0.05) is 43.2 Å². The highest BCUT2D eigenvalue weighted by atomic mass is 127. The summed E-state index contributed by atoms with van der Waals surface area (Å²) in [4.78, 5) is 4.47. The summed E-state index contributed by atoms with van der Waals surface area (Å²) in [5, 5.41) is 16.7. The maximum absolute atomic E-state index is 10.0. The summed E-state index contributed by atoms with van der Waals surface area (Å²) < 4.78 is 5.55. The molecule has 0 bridgehead atoms. The number of hydrogen-bond acceptors (Lipinski definition) is 3. The molecule has 5 nitrogen and oxygen atoms in total. The molecule has 1 aromatic carbocycles. The van der Waals surface area contributed by atoms with Crippen molar-refractivity contribution in [2.45, 2.75) is 51.4 Å². The fourth-order valence-corrected chi connectivity index (χ4v) is 2.72. The first-order valence-corrected chi connectivity index (χ1v) is 8.62. The molecule has 1 atom stereocenters. The smallest absolute Gasteiger partial charge is 0.191 e. The largest absolute Gasteiger partial charge is 0.389 e. The number of aliphatic hydroxyl groups is 1. The standard InChI is InChI=1S/C18H29N3O2.HI/c1-2-19-18(21-16-10-6-7-11-16)20-12-17(22)14-23-13-15-8-4-3-5-9-15;/h3-5,8-9,16-17,22H,2,6-7,10-14H2,1H3,(H2,19,20,21);1H. The highest BCUT2D eigenvalue weighted by Gasteiger charge is 2.16. The monoisotopic (exact) mass is 447 g/mol. The molecule has 136 valence electrons. The van der Waals surface area contributed by atoms with E-state index in [1.807, 2.05) is 37.3 Å². The third-order valence-electron chi connectivity index (χ3n) is 3.92. The van der Waals surface area contributed by atoms with Gasteiger partial charge in [0, 0.05) is 12.6 Å². The van der Waals surface area contributed by atoms with E-state index < -0.39 is 6.10 Å². The van der Waals surface area contributed by atoms with Crippen LogP contribution in [0.3, 0.4) is 0 Å². The Balaban J connectivity index is 0.00000288. The molecule has 0 spiro atoms. The van der Waals surface area contributed by atoms with Gasteiger partial charge < -0.3 is 20.5 Å². The van der Waals surface area contributed by atoms with Crippen molar-refractivity contribution < 1.29 is 9.84 Å². The van der Waals surface area contributed by atoms with Gasteiger partial charge in [0.2, 0.25) is 0 Å². The van der Waals surface area contributed by atoms with Crippen LogP contribution in [0, 0.1) is 0 Å². The number of nitrogens with one attached hydrogen (secondary N) is 2. The second-order valence-corrected chi connectivity index (χ2v) is 6.00. The van der Waals surface area contributed by atoms with Crippen LogP contribution in [0.25, 0.3) is 0 Å². The van der Waals surface area contributed by atoms with Gasteiger partial charge in [-0.3, -0.25) is 4.99 Å². The lowest BCUT2D eigenvalue weighted by molar-refractivity contribution is 0.0331. The van der Waals surface area contributed by atoms with E-state index >= 15 is 0 Å². The molecular weight excluding hydrogens is 417 g/mol. The Bertz CT molecular complexity index is 465. The molecule has 1 aliphatic carbocycles. The van der Waals surface area contributed by atoms with Crippen LogP contribution in [0.2, 0.25) is 0 Å². The van der Waals surface area contributed by atoms with Crippen LogP contribution in [-0.2, 0) is 11.3 Å². The van der Waals surface area contributed by atoms with E-state index in [9.17, 15) is 5.11 Å². The molecule has 0 amide bonds. The summed E-state index contributed by atoms with van der Waals surface area (Å²) in [7, 11) is 0. The molecule has 0 aromatic heterocycles. The third-order valence-corrected chi connectivity index (χ3v) is 3.92. The van der Waals surface area contributed by atoms with Crippen molar-refractivity contribution in [1.29, 1.82) is 0 Å². The van der Waals surface area contributed by atoms with Crippen LogP contribution < -0.4 is 10.6 Å². The second kappa shape index (κ2) is 12.5. The van der Waals surface area contributed by atoms with Gasteiger partial charge in [-0.05, 0) is 25.3 Å². The third kappa shape index (κ3) is 8.30. The average molecular weight is 447 g/mol. The number of guanidine groups is 1. The normalized spacial score (nSPS) is 16.5. The van der Waals surface area contributed by atoms with Gasteiger partial charge >= 0.3 is 0 Å². The Kier molecular flexibility index (Phi) is 11.0. The van der Waals surface area contributed by atoms with Gasteiger partial charge in [0.25, 0.3) is 0 Å². The first-order valence-electron chi connectivity index (χ1n) is 8.62. The van der Waals surface area contributed by atoms with E-state index in [0.717, 1.165) is 18.1 Å². The summed E-state index contributed by atoms with van der Waals surface area (Å²) in [6.45, 7) is 4.02. The van der Waals surface area contributed by atoms with Gasteiger partial charge in [0.15, 0.2) is 5.96 Å². The molecule has 1 unspecified atom stereocenters. The van der Waals surface area contributed by atoms with E-state index in [1.165, 1.54) is 25.7 Å². The Morgan fingerprint density at radius 1 is 1.29 bits per heavy atom. The highest BCUT2D eigenvalue weighted by molar-refractivity contribution is 14.0. The summed E-state index contributed by atoms with van der Waals surface area (Å²) in [6, 6.07) is 10.5. The van der Waals surface area contributed by atoms with Crippen LogP contribution in [0.5, 0.6) is 0 Å². The summed E-state index contributed by atoms with van der Waals surface area (Å²) in [5.74, 6) is 0.793. The molecule has 1 saturated carbocycles. The van der Waals surface area contributed by atoms with E-state index in [0.29, 0.717) is 25.8 Å². The first kappa shape index (κ1) is 21.2. The number of rotatable bonds is 8. The number of benzene rings is 1. The minimum atomic E-state index is -0.585. The number of ether oxygens (including phenoxy) is 1. The predicted octanol–water partition coefficient (Wildman–Crippen LogP) is 2.68. The average Bonchev–Trinajstić information content (AvgIpc) is 3.07. The topological polar surface area (TPSA) is 65.9 Å². The Morgan fingerprint density at radius 3 is 2.67 bits per heavy atom. The summed E-state index contributed by atoms with van der Waals surface area (Å²) in [6.07, 6.45) is 4.39. The predicted molar refractivity (Wildman–Crippen MR) is 109 cm³/mol. The zero-order chi connectivity index (χ0) is 16.3. The Hall–Kier alpha value is -0.860. The molecule has 3 N–H and O–H groups in total. The van der Waals surface area contributed by atoms with Crippen LogP contribution in [-0.4, -0.2) is 42.9 Å². The van der Waals surface area contributed by atoms with E-state index in [2.05, 4.69) is 15.6 Å². The first-order chi connectivity index (χ1) is 11.3. The maximum Gasteiger partial charge on any atom is 0.191 e. The van der Waals surface area contributed by atoms with Gasteiger partial charge in [0.05, 0.1) is 25.9 Å². The van der Waals surface area contributed by atoms with E-state index in [1.54, 1.807) is 0 Å². The Labute approximate surface area is 162 Å². The van der Waals surface area contributed by atoms with Crippen molar-refractivity contribution in [3.63, 3.8) is 0 Å². The lowest BCUT2D eigenvalue weighted by Gasteiger charge is -2.17. The van der Waals surface area contributed by atoms with Gasteiger partial charge in [0.1, 0.15) is 0 Å². The number of aliphatic hydroxyl groups excluding tert-OH is 1. The summed E-state index contributed by atoms with van der Waals surface area (Å²) in [5.41, 5.74) is 1.11. The minimum Gasteiger partial charge on any atom is -0.389 e. The van der Waals surface area contributed by atoms with Crippen molar-refractivity contribution in [2.24, 2.45) is 4.99 Å². The molecular formula is C18H30IN3O2. The van der Waals surface area contributed by atoms with Crippen molar-refractivity contribution in [3.05, 3.63) is 35.9 Å². The lowest BCUT2D eigenvalue weighted by atomic mass is 10.2. The Morgan fingerprint density at radius 2 is 2.00 bits per heavy atom. The van der Waals surface area contributed by atoms with Crippen LogP contribution in [0.15, 0.2) is 35.3 Å². The molecule has 0 radical (unpaired) electrons. The molecule has 0 aliphatic heterocycles. The quantitative estimate of drug-likeness (QED) is 0.326. The highest BCUT2D eigenvalue weighted by Crippen LogP contribution is 2.17. The van der Waals surface area contributed by atoms with Crippen molar-refractivity contribution in [3.8, 4) is 0 Å². The molecule has 0 saturated heterocycles. The fraction of sp³-hybridized carbons (Fsp3) is 0.611. The molecule has 2 rings (SSSR count). The van der Waals surface area contributed by atoms with E-state index in [4.69, 9.17) is 4.74 Å². The minimum absolute atomic E-state index is 0. The van der Waals surface area contributed by atoms with E-state index in [-0.39, 0.29) is 24.0 Å². The van der Waals surface area contributed by atoms with Gasteiger partial charge in [-0.2, -0.15) is 0 Å². The number of aliphatic imine (C=N–C) groups is 1. The lowest BCUT2D eigenvalue weighted by Crippen LogP contribution is -2.42. The second-order valence-electron chi connectivity index (χ2n) is 6.00. The van der Waals surface area contributed by atoms with Crippen molar-refractivity contribution >= 4 is 29.9 Å². The maximum atomic E-state index is 10.0. The molecule has 1 aliphatic rings. The SMILES string of the molecule is CCNC(=NCC(O)COCc1ccccc1)NC1CCCC1.I. The zero-order valence-electron chi connectivity index (χ0n) is 14.4. The van der Waals surface area contributed by atoms with Gasteiger partial charge in [-0.15, -0.1) is 24.0 Å². The van der Waals surface area contributed by atoms with Crippen LogP contribution >= 0.6 is 24.0 Å².